The maximum atomic E-state index is 13.3. The minimum absolute atomic E-state index is 0.212. The molecule has 0 saturated carbocycles. The van der Waals surface area contributed by atoms with Crippen LogP contribution in [0.2, 0.25) is 0 Å². The summed E-state index contributed by atoms with van der Waals surface area (Å²) < 4.78 is 6.17. The molecule has 0 saturated heterocycles. The molecule has 0 fully saturated rings. The summed E-state index contributed by atoms with van der Waals surface area (Å²) in [5, 5.41) is 11.5. The van der Waals surface area contributed by atoms with Crippen LogP contribution < -0.4 is 5.73 Å². The average molecular weight is 349 g/mol. The van der Waals surface area contributed by atoms with Gasteiger partial charge in [0.15, 0.2) is 11.4 Å². The van der Waals surface area contributed by atoms with Crippen molar-refractivity contribution in [2.75, 3.05) is 5.73 Å². The van der Waals surface area contributed by atoms with E-state index in [2.05, 4.69) is 0 Å². The molecule has 1 atom stereocenters. The van der Waals surface area contributed by atoms with Crippen molar-refractivity contribution in [3.63, 3.8) is 0 Å². The highest BCUT2D eigenvalue weighted by molar-refractivity contribution is 6.10. The highest BCUT2D eigenvalue weighted by atomic mass is 16.5. The maximum Gasteiger partial charge on any atom is 0.198 e. The quantitative estimate of drug-likeness (QED) is 0.813. The molecule has 0 spiro atoms. The molecular weight excluding hydrogens is 326 g/mol. The van der Waals surface area contributed by atoms with E-state index >= 15 is 0 Å². The second-order valence-electron chi connectivity index (χ2n) is 7.82. The van der Waals surface area contributed by atoms with Gasteiger partial charge in [0.2, 0.25) is 0 Å². The molecule has 26 heavy (non-hydrogen) atoms. The number of nitrogens with two attached hydrogens (primary N) is 1. The Kier molecular flexibility index (Phi) is 3.70. The van der Waals surface area contributed by atoms with Gasteiger partial charge >= 0.3 is 0 Å². The van der Waals surface area contributed by atoms with E-state index in [-0.39, 0.29) is 17.8 Å². The Morgan fingerprint density at radius 3 is 2.54 bits per heavy atom. The lowest BCUT2D eigenvalue weighted by atomic mass is 9.72. The molecule has 1 aliphatic carbocycles. The first kappa shape index (κ1) is 16.9. The van der Waals surface area contributed by atoms with Crippen LogP contribution in [-0.2, 0) is 21.6 Å². The first-order valence-corrected chi connectivity index (χ1v) is 8.94. The Bertz CT molecular complexity index is 911. The molecule has 2 aliphatic rings. The van der Waals surface area contributed by atoms with Gasteiger partial charge in [0.1, 0.15) is 11.4 Å². The van der Waals surface area contributed by atoms with Crippen molar-refractivity contribution in [1.82, 2.24) is 0 Å². The fraction of sp³-hybridized carbons (Fsp3) is 0.318. The standard InChI is InChI=1S/C22H23NO3/c1-21(2)12-11-17-19(26-21)16-5-3-4-6-18(16)22(25,20(17)24)13-14-7-9-15(23)10-8-14/h3-10,25H,11-13,23H2,1-2H3. The molecule has 1 heterocycles. The normalized spacial score (nSPS) is 23.9. The predicted molar refractivity (Wildman–Crippen MR) is 101 cm³/mol. The largest absolute Gasteiger partial charge is 0.487 e. The monoisotopic (exact) mass is 349 g/mol. The van der Waals surface area contributed by atoms with E-state index in [0.717, 1.165) is 17.5 Å². The maximum absolute atomic E-state index is 13.3. The van der Waals surface area contributed by atoms with E-state index in [0.29, 0.717) is 29.0 Å². The smallest absolute Gasteiger partial charge is 0.198 e. The molecular formula is C22H23NO3. The second-order valence-corrected chi connectivity index (χ2v) is 7.82. The number of fused-ring (bicyclic) bond motifs is 2. The van der Waals surface area contributed by atoms with Gasteiger partial charge in [-0.2, -0.15) is 0 Å². The molecule has 0 aromatic heterocycles. The van der Waals surface area contributed by atoms with Crippen molar-refractivity contribution < 1.29 is 14.6 Å². The molecule has 4 rings (SSSR count). The van der Waals surface area contributed by atoms with E-state index < -0.39 is 5.60 Å². The molecule has 134 valence electrons. The number of benzene rings is 2. The lowest BCUT2D eigenvalue weighted by Crippen LogP contribution is -2.45. The number of anilines is 1. The Morgan fingerprint density at radius 2 is 1.81 bits per heavy atom. The number of hydrogen-bond acceptors (Lipinski definition) is 4. The van der Waals surface area contributed by atoms with Crippen molar-refractivity contribution in [2.24, 2.45) is 0 Å². The molecule has 3 N–H and O–H groups in total. The first-order valence-electron chi connectivity index (χ1n) is 8.94. The molecule has 0 bridgehead atoms. The Balaban J connectivity index is 1.84. The summed E-state index contributed by atoms with van der Waals surface area (Å²) in [5.41, 5.74) is 7.39. The Labute approximate surface area is 153 Å². The Hall–Kier alpha value is -2.59. The van der Waals surface area contributed by atoms with Crippen LogP contribution in [0.4, 0.5) is 5.69 Å². The number of carbonyl (C=O) groups is 1. The lowest BCUT2D eigenvalue weighted by molar-refractivity contribution is -0.135. The van der Waals surface area contributed by atoms with Gasteiger partial charge in [-0.25, -0.2) is 0 Å². The van der Waals surface area contributed by atoms with Crippen molar-refractivity contribution in [1.29, 1.82) is 0 Å². The number of ketones is 1. The van der Waals surface area contributed by atoms with Crippen LogP contribution in [0.25, 0.3) is 5.76 Å². The van der Waals surface area contributed by atoms with Gasteiger partial charge in [0.05, 0.1) is 0 Å². The molecule has 0 amide bonds. The summed E-state index contributed by atoms with van der Waals surface area (Å²) in [5.74, 6) is 0.377. The molecule has 1 aliphatic heterocycles. The van der Waals surface area contributed by atoms with Crippen LogP contribution in [0.1, 0.15) is 43.4 Å². The summed E-state index contributed by atoms with van der Waals surface area (Å²) in [6.45, 7) is 4.05. The summed E-state index contributed by atoms with van der Waals surface area (Å²) in [7, 11) is 0. The summed E-state index contributed by atoms with van der Waals surface area (Å²) >= 11 is 0. The average Bonchev–Trinajstić information content (AvgIpc) is 2.61. The topological polar surface area (TPSA) is 72.6 Å². The van der Waals surface area contributed by atoms with Crippen molar-refractivity contribution in [3.05, 3.63) is 70.8 Å². The van der Waals surface area contributed by atoms with E-state index in [1.807, 2.05) is 50.2 Å². The molecule has 4 heteroatoms. The Morgan fingerprint density at radius 1 is 1.12 bits per heavy atom. The van der Waals surface area contributed by atoms with Crippen LogP contribution in [0.15, 0.2) is 54.1 Å². The number of Topliss-reactive ketones (excluding diaryl/α,β-unsaturated/α-hetero) is 1. The molecule has 2 aromatic rings. The van der Waals surface area contributed by atoms with Crippen LogP contribution >= 0.6 is 0 Å². The zero-order valence-corrected chi connectivity index (χ0v) is 15.1. The highest BCUT2D eigenvalue weighted by Crippen LogP contribution is 2.47. The third-order valence-corrected chi connectivity index (χ3v) is 5.34. The number of hydrogen-bond donors (Lipinski definition) is 2. The molecule has 1 unspecified atom stereocenters. The molecule has 0 radical (unpaired) electrons. The summed E-state index contributed by atoms with van der Waals surface area (Å²) in [6.07, 6.45) is 1.57. The van der Waals surface area contributed by atoms with Crippen molar-refractivity contribution in [3.8, 4) is 0 Å². The van der Waals surface area contributed by atoms with Gasteiger partial charge in [-0.1, -0.05) is 36.4 Å². The van der Waals surface area contributed by atoms with Gasteiger partial charge in [0.25, 0.3) is 0 Å². The number of aliphatic hydroxyl groups is 1. The fourth-order valence-electron chi connectivity index (χ4n) is 3.88. The van der Waals surface area contributed by atoms with E-state index in [4.69, 9.17) is 10.5 Å². The fourth-order valence-corrected chi connectivity index (χ4v) is 3.88. The van der Waals surface area contributed by atoms with Crippen molar-refractivity contribution in [2.45, 2.75) is 44.3 Å². The molecule has 4 nitrogen and oxygen atoms in total. The van der Waals surface area contributed by atoms with Gasteiger partial charge in [0, 0.05) is 28.8 Å². The van der Waals surface area contributed by atoms with Gasteiger partial charge < -0.3 is 15.6 Å². The number of ether oxygens (including phenoxy) is 1. The second kappa shape index (κ2) is 5.71. The minimum atomic E-state index is -1.59. The number of rotatable bonds is 2. The van der Waals surface area contributed by atoms with Gasteiger partial charge in [-0.3, -0.25) is 4.79 Å². The highest BCUT2D eigenvalue weighted by Gasteiger charge is 2.48. The van der Waals surface area contributed by atoms with Gasteiger partial charge in [-0.15, -0.1) is 0 Å². The summed E-state index contributed by atoms with van der Waals surface area (Å²) in [6, 6.07) is 14.8. The number of nitrogen functional groups attached to an aromatic ring is 1. The van der Waals surface area contributed by atoms with Crippen LogP contribution in [0, 0.1) is 0 Å². The van der Waals surface area contributed by atoms with Crippen LogP contribution in [0.3, 0.4) is 0 Å². The van der Waals surface area contributed by atoms with Gasteiger partial charge in [-0.05, 0) is 44.4 Å². The predicted octanol–water partition coefficient (Wildman–Crippen LogP) is 3.58. The van der Waals surface area contributed by atoms with E-state index in [1.54, 1.807) is 12.1 Å². The third-order valence-electron chi connectivity index (χ3n) is 5.34. The molecule has 2 aromatic carbocycles. The first-order chi connectivity index (χ1) is 12.3. The van der Waals surface area contributed by atoms with Crippen LogP contribution in [0.5, 0.6) is 0 Å². The minimum Gasteiger partial charge on any atom is -0.487 e. The van der Waals surface area contributed by atoms with Crippen LogP contribution in [-0.4, -0.2) is 16.5 Å². The third kappa shape index (κ3) is 2.61. The zero-order chi connectivity index (χ0) is 18.5. The summed E-state index contributed by atoms with van der Waals surface area (Å²) in [4.78, 5) is 13.3. The van der Waals surface area contributed by atoms with Crippen molar-refractivity contribution >= 4 is 17.2 Å². The van der Waals surface area contributed by atoms with E-state index in [9.17, 15) is 9.90 Å². The zero-order valence-electron chi connectivity index (χ0n) is 15.1. The SMILES string of the molecule is CC1(C)CCC2=C(O1)c1ccccc1C(O)(Cc1ccc(N)cc1)C2=O. The lowest BCUT2D eigenvalue weighted by Gasteiger charge is -2.41. The number of carbonyl (C=O) groups excluding carboxylic acids is 1. The van der Waals surface area contributed by atoms with E-state index in [1.165, 1.54) is 0 Å².